The van der Waals surface area contributed by atoms with E-state index in [0.717, 1.165) is 22.4 Å². The van der Waals surface area contributed by atoms with Crippen molar-refractivity contribution in [2.45, 2.75) is 20.4 Å². The summed E-state index contributed by atoms with van der Waals surface area (Å²) in [6.07, 6.45) is 0. The van der Waals surface area contributed by atoms with Crippen LogP contribution >= 0.6 is 0 Å². The highest BCUT2D eigenvalue weighted by Crippen LogP contribution is 2.16. The molecule has 0 saturated carbocycles. The van der Waals surface area contributed by atoms with Crippen LogP contribution in [-0.4, -0.2) is 20.9 Å². The summed E-state index contributed by atoms with van der Waals surface area (Å²) in [6.45, 7) is 4.05. The number of carbonyl (C=O) groups is 1. The monoisotopic (exact) mass is 332 g/mol. The lowest BCUT2D eigenvalue weighted by molar-refractivity contribution is 0.0947. The first-order valence-electron chi connectivity index (χ1n) is 7.98. The maximum atomic E-state index is 12.4. The predicted molar refractivity (Wildman–Crippen MR) is 94.2 cm³/mol. The normalized spacial score (nSPS) is 11.1. The fourth-order valence-electron chi connectivity index (χ4n) is 2.63. The lowest BCUT2D eigenvalue weighted by atomic mass is 10.1. The van der Waals surface area contributed by atoms with Gasteiger partial charge in [0, 0.05) is 5.56 Å². The van der Waals surface area contributed by atoms with Crippen molar-refractivity contribution in [3.8, 4) is 0 Å². The van der Waals surface area contributed by atoms with E-state index >= 15 is 0 Å². The predicted octanol–water partition coefficient (Wildman–Crippen LogP) is 3.32. The molecular formula is C19H16N4O2. The zero-order valence-corrected chi connectivity index (χ0v) is 13.9. The molecule has 4 rings (SSSR count). The third-order valence-corrected chi connectivity index (χ3v) is 4.08. The molecule has 2 aromatic heterocycles. The number of nitrogens with one attached hydrogen (secondary N) is 1. The molecule has 0 bridgehead atoms. The SMILES string of the molecule is Cc1nc2ccc(C(=O)NCc3nc4ccccc4o3)cc2nc1C. The molecule has 0 spiro atoms. The number of para-hydroxylation sites is 2. The molecule has 25 heavy (non-hydrogen) atoms. The molecule has 6 heteroatoms. The van der Waals surface area contributed by atoms with Gasteiger partial charge in [-0.2, -0.15) is 0 Å². The van der Waals surface area contributed by atoms with Gasteiger partial charge in [0.25, 0.3) is 5.91 Å². The molecule has 1 amide bonds. The highest BCUT2D eigenvalue weighted by atomic mass is 16.3. The molecule has 0 saturated heterocycles. The quantitative estimate of drug-likeness (QED) is 0.622. The molecule has 6 nitrogen and oxygen atoms in total. The van der Waals surface area contributed by atoms with Crippen molar-refractivity contribution < 1.29 is 9.21 Å². The first-order chi connectivity index (χ1) is 12.1. The van der Waals surface area contributed by atoms with E-state index in [1.54, 1.807) is 12.1 Å². The molecule has 4 aromatic rings. The van der Waals surface area contributed by atoms with Crippen molar-refractivity contribution in [2.24, 2.45) is 0 Å². The Bertz CT molecular complexity index is 1070. The number of carbonyl (C=O) groups excluding carboxylic acids is 1. The lowest BCUT2D eigenvalue weighted by Gasteiger charge is -2.06. The van der Waals surface area contributed by atoms with E-state index < -0.39 is 0 Å². The Hall–Kier alpha value is -3.28. The van der Waals surface area contributed by atoms with Crippen LogP contribution < -0.4 is 5.32 Å². The first kappa shape index (κ1) is 15.3. The lowest BCUT2D eigenvalue weighted by Crippen LogP contribution is -2.22. The van der Waals surface area contributed by atoms with Gasteiger partial charge in [0.1, 0.15) is 5.52 Å². The highest BCUT2D eigenvalue weighted by Gasteiger charge is 2.11. The van der Waals surface area contributed by atoms with Gasteiger partial charge in [-0.05, 0) is 44.2 Å². The summed E-state index contributed by atoms with van der Waals surface area (Å²) in [7, 11) is 0. The average molecular weight is 332 g/mol. The van der Waals surface area contributed by atoms with Crippen LogP contribution in [0, 0.1) is 13.8 Å². The van der Waals surface area contributed by atoms with E-state index in [4.69, 9.17) is 4.42 Å². The van der Waals surface area contributed by atoms with Crippen LogP contribution in [0.5, 0.6) is 0 Å². The van der Waals surface area contributed by atoms with Gasteiger partial charge in [-0.3, -0.25) is 4.79 Å². The minimum atomic E-state index is -0.204. The number of hydrogen-bond acceptors (Lipinski definition) is 5. The molecule has 0 atom stereocenters. The smallest absolute Gasteiger partial charge is 0.251 e. The summed E-state index contributed by atoms with van der Waals surface area (Å²) in [6, 6.07) is 12.8. The van der Waals surface area contributed by atoms with Gasteiger partial charge in [0.15, 0.2) is 5.58 Å². The largest absolute Gasteiger partial charge is 0.439 e. The second kappa shape index (κ2) is 5.98. The molecular weight excluding hydrogens is 316 g/mol. The van der Waals surface area contributed by atoms with Crippen LogP contribution in [-0.2, 0) is 6.54 Å². The van der Waals surface area contributed by atoms with Gasteiger partial charge in [0.05, 0.1) is 29.0 Å². The molecule has 2 aromatic carbocycles. The minimum absolute atomic E-state index is 0.204. The Kier molecular flexibility index (Phi) is 3.65. The summed E-state index contributed by atoms with van der Waals surface area (Å²) in [4.78, 5) is 25.7. The van der Waals surface area contributed by atoms with Gasteiger partial charge in [0.2, 0.25) is 5.89 Å². The van der Waals surface area contributed by atoms with Crippen LogP contribution in [0.2, 0.25) is 0 Å². The fourth-order valence-corrected chi connectivity index (χ4v) is 2.63. The Labute approximate surface area is 143 Å². The van der Waals surface area contributed by atoms with Gasteiger partial charge in [-0.15, -0.1) is 0 Å². The molecule has 0 radical (unpaired) electrons. The van der Waals surface area contributed by atoms with Crippen LogP contribution in [0.25, 0.3) is 22.1 Å². The maximum absolute atomic E-state index is 12.4. The molecule has 0 aliphatic heterocycles. The molecule has 0 fully saturated rings. The van der Waals surface area contributed by atoms with Crippen LogP contribution in [0.1, 0.15) is 27.6 Å². The number of oxazole rings is 1. The number of aromatic nitrogens is 3. The molecule has 2 heterocycles. The summed E-state index contributed by atoms with van der Waals surface area (Å²) < 4.78 is 5.61. The Morgan fingerprint density at radius 3 is 2.52 bits per heavy atom. The molecule has 0 aliphatic rings. The van der Waals surface area contributed by atoms with Crippen LogP contribution in [0.15, 0.2) is 46.9 Å². The van der Waals surface area contributed by atoms with Crippen molar-refractivity contribution in [3.63, 3.8) is 0 Å². The van der Waals surface area contributed by atoms with Crippen molar-refractivity contribution in [1.29, 1.82) is 0 Å². The van der Waals surface area contributed by atoms with Crippen molar-refractivity contribution in [3.05, 3.63) is 65.3 Å². The topological polar surface area (TPSA) is 80.9 Å². The molecule has 1 N–H and O–H groups in total. The van der Waals surface area contributed by atoms with Crippen LogP contribution in [0.3, 0.4) is 0 Å². The van der Waals surface area contributed by atoms with E-state index in [9.17, 15) is 4.79 Å². The van der Waals surface area contributed by atoms with Gasteiger partial charge < -0.3 is 9.73 Å². The van der Waals surface area contributed by atoms with Crippen molar-refractivity contribution in [1.82, 2.24) is 20.3 Å². The van der Waals surface area contributed by atoms with Gasteiger partial charge >= 0.3 is 0 Å². The fraction of sp³-hybridized carbons (Fsp3) is 0.158. The van der Waals surface area contributed by atoms with E-state index in [0.29, 0.717) is 22.6 Å². The molecule has 0 unspecified atom stereocenters. The standard InChI is InChI=1S/C19H16N4O2/c1-11-12(2)22-16-9-13(7-8-14(16)21-11)19(24)20-10-18-23-15-5-3-4-6-17(15)25-18/h3-9H,10H2,1-2H3,(H,20,24). The average Bonchev–Trinajstić information content (AvgIpc) is 3.03. The number of hydrogen-bond donors (Lipinski definition) is 1. The van der Waals surface area contributed by atoms with E-state index in [-0.39, 0.29) is 12.5 Å². The number of aryl methyl sites for hydroxylation is 2. The Morgan fingerprint density at radius 1 is 0.960 bits per heavy atom. The van der Waals surface area contributed by atoms with Crippen molar-refractivity contribution >= 4 is 28.0 Å². The van der Waals surface area contributed by atoms with Crippen molar-refractivity contribution in [2.75, 3.05) is 0 Å². The summed E-state index contributed by atoms with van der Waals surface area (Å²) >= 11 is 0. The van der Waals surface area contributed by atoms with Gasteiger partial charge in [-0.25, -0.2) is 15.0 Å². The third-order valence-electron chi connectivity index (χ3n) is 4.08. The third kappa shape index (κ3) is 2.94. The summed E-state index contributed by atoms with van der Waals surface area (Å²) in [5.74, 6) is 0.269. The second-order valence-electron chi connectivity index (χ2n) is 5.86. The second-order valence-corrected chi connectivity index (χ2v) is 5.86. The van der Waals surface area contributed by atoms with E-state index in [1.807, 2.05) is 44.2 Å². The van der Waals surface area contributed by atoms with E-state index in [1.165, 1.54) is 0 Å². The highest BCUT2D eigenvalue weighted by molar-refractivity contribution is 5.97. The number of rotatable bonds is 3. The Morgan fingerprint density at radius 2 is 1.72 bits per heavy atom. The number of nitrogens with zero attached hydrogens (tertiary/aromatic N) is 3. The summed E-state index contributed by atoms with van der Waals surface area (Å²) in [5, 5.41) is 2.82. The summed E-state index contributed by atoms with van der Waals surface area (Å²) in [5.41, 5.74) is 5.24. The number of amides is 1. The zero-order valence-electron chi connectivity index (χ0n) is 13.9. The Balaban J connectivity index is 1.54. The van der Waals surface area contributed by atoms with E-state index in [2.05, 4.69) is 20.3 Å². The first-order valence-corrected chi connectivity index (χ1v) is 7.98. The number of fused-ring (bicyclic) bond motifs is 2. The zero-order chi connectivity index (χ0) is 17.4. The van der Waals surface area contributed by atoms with Crippen LogP contribution in [0.4, 0.5) is 0 Å². The maximum Gasteiger partial charge on any atom is 0.251 e. The molecule has 0 aliphatic carbocycles. The van der Waals surface area contributed by atoms with Gasteiger partial charge in [-0.1, -0.05) is 12.1 Å². The minimum Gasteiger partial charge on any atom is -0.439 e. The number of benzene rings is 2. The molecule has 124 valence electrons.